The van der Waals surface area contributed by atoms with Crippen LogP contribution in [0, 0.1) is 13.1 Å². The highest BCUT2D eigenvalue weighted by molar-refractivity contribution is 6.17. The second kappa shape index (κ2) is 11.8. The van der Waals surface area contributed by atoms with Crippen molar-refractivity contribution in [2.45, 2.75) is 0 Å². The number of hydrogen-bond donors (Lipinski definition) is 0. The first kappa shape index (κ1) is 30.7. The molecular weight excluding hydrogens is 671 g/mol. The van der Waals surface area contributed by atoms with Crippen LogP contribution in [0.2, 0.25) is 0 Å². The summed E-state index contributed by atoms with van der Waals surface area (Å²) >= 11 is 0. The standard InChI is InChI=1S/C50H29N5/c1-51-32-26-28-38-36-16-5-10-21-44(36)55(49(38)30-32)45-22-11-6-17-37(45)40-31-33(27-29-41(40)52-2)53-46-23-12-7-18-39(46)50-47(53)24-13-25-48(50)54-42-19-8-3-14-34(42)35-15-4-9-20-43(35)54/h3-31H. The Hall–Kier alpha value is -7.86. The van der Waals surface area contributed by atoms with Gasteiger partial charge < -0.3 is 13.7 Å². The van der Waals surface area contributed by atoms with E-state index in [9.17, 15) is 0 Å². The van der Waals surface area contributed by atoms with Gasteiger partial charge in [0.2, 0.25) is 0 Å². The maximum absolute atomic E-state index is 8.32. The molecule has 3 aromatic heterocycles. The summed E-state index contributed by atoms with van der Waals surface area (Å²) in [6, 6.07) is 61.3. The highest BCUT2D eigenvalue weighted by Gasteiger charge is 2.22. The lowest BCUT2D eigenvalue weighted by Crippen LogP contribution is -1.99. The second-order valence-electron chi connectivity index (χ2n) is 13.9. The Balaban J connectivity index is 1.18. The number of rotatable bonds is 4. The lowest BCUT2D eigenvalue weighted by molar-refractivity contribution is 1.16. The van der Waals surface area contributed by atoms with Gasteiger partial charge in [0.15, 0.2) is 11.4 Å². The van der Waals surface area contributed by atoms with Gasteiger partial charge >= 0.3 is 0 Å². The minimum absolute atomic E-state index is 0.575. The van der Waals surface area contributed by atoms with Gasteiger partial charge in [0.05, 0.1) is 52.1 Å². The number of fused-ring (bicyclic) bond motifs is 9. The minimum Gasteiger partial charge on any atom is -0.310 e. The smallest absolute Gasteiger partial charge is 0.195 e. The molecule has 0 aliphatic carbocycles. The van der Waals surface area contributed by atoms with Crippen molar-refractivity contribution in [2.75, 3.05) is 0 Å². The van der Waals surface area contributed by atoms with E-state index in [1.807, 2.05) is 36.4 Å². The summed E-state index contributed by atoms with van der Waals surface area (Å²) < 4.78 is 6.98. The Morgan fingerprint density at radius 2 is 0.873 bits per heavy atom. The molecule has 0 radical (unpaired) electrons. The van der Waals surface area contributed by atoms with Gasteiger partial charge in [-0.15, -0.1) is 0 Å². The monoisotopic (exact) mass is 699 g/mol. The zero-order valence-electron chi connectivity index (χ0n) is 29.5. The van der Waals surface area contributed by atoms with Crippen molar-refractivity contribution < 1.29 is 0 Å². The van der Waals surface area contributed by atoms with Crippen molar-refractivity contribution in [1.29, 1.82) is 0 Å². The van der Waals surface area contributed by atoms with E-state index in [0.29, 0.717) is 11.4 Å². The number of para-hydroxylation sites is 5. The van der Waals surface area contributed by atoms with Crippen LogP contribution in [-0.4, -0.2) is 13.7 Å². The molecule has 5 heteroatoms. The van der Waals surface area contributed by atoms with Gasteiger partial charge in [-0.25, -0.2) is 9.69 Å². The summed E-state index contributed by atoms with van der Waals surface area (Å²) in [4.78, 5) is 7.83. The first-order valence-electron chi connectivity index (χ1n) is 18.3. The van der Waals surface area contributed by atoms with Crippen molar-refractivity contribution in [2.24, 2.45) is 0 Å². The van der Waals surface area contributed by atoms with Crippen LogP contribution in [0.15, 0.2) is 176 Å². The Kier molecular flexibility index (Phi) is 6.61. The first-order chi connectivity index (χ1) is 27.2. The zero-order valence-corrected chi connectivity index (χ0v) is 29.5. The van der Waals surface area contributed by atoms with Crippen LogP contribution < -0.4 is 0 Å². The number of benzene rings is 8. The average Bonchev–Trinajstić information content (AvgIpc) is 3.89. The van der Waals surface area contributed by atoms with Crippen LogP contribution >= 0.6 is 0 Å². The molecule has 55 heavy (non-hydrogen) atoms. The second-order valence-corrected chi connectivity index (χ2v) is 13.9. The third kappa shape index (κ3) is 4.39. The fourth-order valence-corrected chi connectivity index (χ4v) is 8.81. The fourth-order valence-electron chi connectivity index (χ4n) is 8.81. The molecule has 0 saturated carbocycles. The molecular formula is C50H29N5. The highest BCUT2D eigenvalue weighted by atomic mass is 15.0. The minimum atomic E-state index is 0.575. The predicted octanol–water partition coefficient (Wildman–Crippen LogP) is 13.7. The van der Waals surface area contributed by atoms with E-state index in [-0.39, 0.29) is 0 Å². The quantitative estimate of drug-likeness (QED) is 0.163. The number of hydrogen-bond acceptors (Lipinski definition) is 0. The maximum Gasteiger partial charge on any atom is 0.195 e. The number of nitrogens with zero attached hydrogens (tertiary/aromatic N) is 5. The van der Waals surface area contributed by atoms with Gasteiger partial charge in [0.1, 0.15) is 0 Å². The van der Waals surface area contributed by atoms with Crippen LogP contribution in [0.3, 0.4) is 0 Å². The summed E-state index contributed by atoms with van der Waals surface area (Å²) in [7, 11) is 0. The molecule has 0 N–H and O–H groups in total. The Morgan fingerprint density at radius 3 is 1.53 bits per heavy atom. The van der Waals surface area contributed by atoms with E-state index < -0.39 is 0 Å². The molecule has 8 aromatic carbocycles. The van der Waals surface area contributed by atoms with E-state index in [1.165, 1.54) is 27.2 Å². The predicted molar refractivity (Wildman–Crippen MR) is 227 cm³/mol. The molecule has 5 nitrogen and oxygen atoms in total. The Labute approximate surface area is 316 Å². The van der Waals surface area contributed by atoms with E-state index >= 15 is 0 Å². The molecule has 0 aliphatic heterocycles. The van der Waals surface area contributed by atoms with Gasteiger partial charge in [0, 0.05) is 43.5 Å². The Morgan fingerprint density at radius 1 is 0.345 bits per heavy atom. The molecule has 0 spiro atoms. The summed E-state index contributed by atoms with van der Waals surface area (Å²) in [5.74, 6) is 0. The fraction of sp³-hybridized carbons (Fsp3) is 0. The Bertz CT molecular complexity index is 3420. The van der Waals surface area contributed by atoms with E-state index in [0.717, 1.165) is 66.4 Å². The van der Waals surface area contributed by atoms with E-state index in [2.05, 4.69) is 163 Å². The summed E-state index contributed by atoms with van der Waals surface area (Å²) in [6.45, 7) is 16.1. The van der Waals surface area contributed by atoms with E-state index in [4.69, 9.17) is 13.1 Å². The van der Waals surface area contributed by atoms with Gasteiger partial charge in [-0.2, -0.15) is 0 Å². The van der Waals surface area contributed by atoms with Crippen LogP contribution in [0.25, 0.3) is 103 Å². The third-order valence-corrected chi connectivity index (χ3v) is 11.1. The van der Waals surface area contributed by atoms with Crippen LogP contribution in [0.4, 0.5) is 11.4 Å². The van der Waals surface area contributed by atoms with Gasteiger partial charge in [0.25, 0.3) is 0 Å². The molecule has 0 atom stereocenters. The maximum atomic E-state index is 8.32. The molecule has 0 saturated heterocycles. The summed E-state index contributed by atoms with van der Waals surface area (Å²) in [6.07, 6.45) is 0. The number of aromatic nitrogens is 3. The third-order valence-electron chi connectivity index (χ3n) is 11.1. The van der Waals surface area contributed by atoms with Gasteiger partial charge in [-0.1, -0.05) is 115 Å². The molecule has 0 amide bonds. The van der Waals surface area contributed by atoms with Crippen LogP contribution in [-0.2, 0) is 0 Å². The van der Waals surface area contributed by atoms with Gasteiger partial charge in [-0.05, 0) is 71.8 Å². The topological polar surface area (TPSA) is 23.5 Å². The normalized spacial score (nSPS) is 11.6. The van der Waals surface area contributed by atoms with E-state index in [1.54, 1.807) is 0 Å². The van der Waals surface area contributed by atoms with Crippen LogP contribution in [0.1, 0.15) is 0 Å². The molecule has 11 rings (SSSR count). The molecule has 254 valence electrons. The lowest BCUT2D eigenvalue weighted by Gasteiger charge is -2.17. The van der Waals surface area contributed by atoms with Crippen molar-refractivity contribution >= 4 is 76.8 Å². The van der Waals surface area contributed by atoms with Crippen LogP contribution in [0.5, 0.6) is 0 Å². The summed E-state index contributed by atoms with van der Waals surface area (Å²) in [5, 5.41) is 6.98. The average molecular weight is 700 g/mol. The lowest BCUT2D eigenvalue weighted by atomic mass is 10.0. The SMILES string of the molecule is [C-]#[N+]c1ccc2c3ccccc3n(-c3ccccc3-c3cc(-n4c5ccccc5c5c(-n6c7ccccc7c7ccccc76)cccc54)ccc3[N+]#[C-])c2c1. The van der Waals surface area contributed by atoms with Crippen molar-refractivity contribution in [3.63, 3.8) is 0 Å². The van der Waals surface area contributed by atoms with Crippen molar-refractivity contribution in [3.8, 4) is 28.2 Å². The highest BCUT2D eigenvalue weighted by Crippen LogP contribution is 2.43. The molecule has 0 unspecified atom stereocenters. The molecule has 0 aliphatic rings. The summed E-state index contributed by atoms with van der Waals surface area (Å²) in [5.41, 5.74) is 12.5. The van der Waals surface area contributed by atoms with Gasteiger partial charge in [-0.3, -0.25) is 0 Å². The first-order valence-corrected chi connectivity index (χ1v) is 18.3. The van der Waals surface area contributed by atoms with Crippen molar-refractivity contribution in [3.05, 3.63) is 199 Å². The molecule has 11 aromatic rings. The zero-order chi connectivity index (χ0) is 36.6. The molecule has 0 bridgehead atoms. The molecule has 0 fully saturated rings. The van der Waals surface area contributed by atoms with Crippen molar-refractivity contribution in [1.82, 2.24) is 13.7 Å². The largest absolute Gasteiger partial charge is 0.310 e. The molecule has 3 heterocycles.